The van der Waals surface area contributed by atoms with Crippen molar-refractivity contribution in [1.82, 2.24) is 0 Å². The van der Waals surface area contributed by atoms with Gasteiger partial charge in [0, 0.05) is 17.7 Å². The first-order valence-corrected chi connectivity index (χ1v) is 13.1. The minimum atomic E-state index is -3.13. The van der Waals surface area contributed by atoms with E-state index in [1.807, 2.05) is 11.0 Å². The highest BCUT2D eigenvalue weighted by Gasteiger charge is 2.50. The summed E-state index contributed by atoms with van der Waals surface area (Å²) in [5.74, 6) is 1.85. The van der Waals surface area contributed by atoms with Gasteiger partial charge in [0.05, 0.1) is 37.5 Å². The Hall–Kier alpha value is -1.74. The van der Waals surface area contributed by atoms with Crippen molar-refractivity contribution in [2.45, 2.75) is 49.8 Å². The number of aliphatic imine (C=N–C) groups is 1. The van der Waals surface area contributed by atoms with Crippen molar-refractivity contribution in [1.29, 1.82) is 0 Å². The van der Waals surface area contributed by atoms with Crippen molar-refractivity contribution in [2.75, 3.05) is 30.6 Å². The lowest BCUT2D eigenvalue weighted by atomic mass is 10.0. The van der Waals surface area contributed by atoms with Crippen LogP contribution in [0, 0.1) is 5.92 Å². The fourth-order valence-electron chi connectivity index (χ4n) is 4.62. The van der Waals surface area contributed by atoms with Gasteiger partial charge >= 0.3 is 0 Å². The van der Waals surface area contributed by atoms with Crippen LogP contribution in [0.2, 0.25) is 0 Å². The molecule has 1 aliphatic carbocycles. The monoisotopic (exact) mass is 452 g/mol. The van der Waals surface area contributed by atoms with E-state index >= 15 is 0 Å². The summed E-state index contributed by atoms with van der Waals surface area (Å²) in [6.07, 6.45) is 6.23. The molecule has 0 unspecified atom stereocenters. The van der Waals surface area contributed by atoms with Gasteiger partial charge in [0.2, 0.25) is 5.91 Å². The van der Waals surface area contributed by atoms with Gasteiger partial charge in [0.1, 0.15) is 11.5 Å². The smallest absolute Gasteiger partial charge is 0.248 e. The summed E-state index contributed by atoms with van der Waals surface area (Å²) >= 11 is 1.39. The van der Waals surface area contributed by atoms with Crippen LogP contribution >= 0.6 is 11.8 Å². The van der Waals surface area contributed by atoms with Crippen molar-refractivity contribution >= 4 is 38.4 Å². The Morgan fingerprint density at radius 1 is 1.20 bits per heavy atom. The molecule has 164 valence electrons. The molecule has 2 aliphatic heterocycles. The quantitative estimate of drug-likeness (QED) is 0.655. The number of ether oxygens (including phenoxy) is 2. The van der Waals surface area contributed by atoms with Crippen LogP contribution in [0.3, 0.4) is 0 Å². The first-order chi connectivity index (χ1) is 14.4. The van der Waals surface area contributed by atoms with Crippen molar-refractivity contribution < 1.29 is 22.7 Å². The number of rotatable bonds is 6. The molecule has 4 rings (SSSR count). The molecule has 1 amide bonds. The lowest BCUT2D eigenvalue weighted by Gasteiger charge is -2.26. The molecule has 0 spiro atoms. The third-order valence-corrected chi connectivity index (χ3v) is 9.38. The van der Waals surface area contributed by atoms with Crippen LogP contribution in [0.5, 0.6) is 11.5 Å². The molecular formula is C21H28N2O5S2. The third-order valence-electron chi connectivity index (χ3n) is 6.17. The van der Waals surface area contributed by atoms with E-state index in [4.69, 9.17) is 9.47 Å². The Kier molecular flexibility index (Phi) is 6.29. The van der Waals surface area contributed by atoms with Crippen LogP contribution in [0.15, 0.2) is 23.2 Å². The number of methoxy groups -OCH3 is 2. The fourth-order valence-corrected chi connectivity index (χ4v) is 8.54. The van der Waals surface area contributed by atoms with E-state index in [9.17, 15) is 13.2 Å². The van der Waals surface area contributed by atoms with Gasteiger partial charge in [0.15, 0.2) is 15.0 Å². The average Bonchev–Trinajstić information content (AvgIpc) is 3.40. The molecule has 30 heavy (non-hydrogen) atoms. The summed E-state index contributed by atoms with van der Waals surface area (Å²) < 4.78 is 35.4. The highest BCUT2D eigenvalue weighted by molar-refractivity contribution is 8.16. The summed E-state index contributed by atoms with van der Waals surface area (Å²) in [6.45, 7) is 0. The minimum absolute atomic E-state index is 0.0420. The molecule has 1 aromatic rings. The number of sulfone groups is 1. The predicted molar refractivity (Wildman–Crippen MR) is 119 cm³/mol. The van der Waals surface area contributed by atoms with E-state index in [-0.39, 0.29) is 28.7 Å². The fraction of sp³-hybridized carbons (Fsp3) is 0.619. The second kappa shape index (κ2) is 8.78. The highest BCUT2D eigenvalue weighted by Crippen LogP contribution is 2.45. The SMILES string of the molecule is COc1ccc(OC)c(N2C(=NC(=O)CCC3CCCC3)S[C@H]3CS(=O)(=O)C[C@H]32)c1. The largest absolute Gasteiger partial charge is 0.497 e. The van der Waals surface area contributed by atoms with E-state index in [1.165, 1.54) is 37.4 Å². The topological polar surface area (TPSA) is 85.3 Å². The first kappa shape index (κ1) is 21.5. The molecule has 0 N–H and O–H groups in total. The molecule has 1 saturated carbocycles. The van der Waals surface area contributed by atoms with E-state index in [0.717, 1.165) is 6.42 Å². The van der Waals surface area contributed by atoms with E-state index < -0.39 is 9.84 Å². The molecule has 3 fully saturated rings. The van der Waals surface area contributed by atoms with Gasteiger partial charge in [-0.1, -0.05) is 37.4 Å². The number of benzene rings is 1. The molecule has 2 heterocycles. The minimum Gasteiger partial charge on any atom is -0.497 e. The number of hydrogen-bond acceptors (Lipinski definition) is 6. The van der Waals surface area contributed by atoms with Gasteiger partial charge in [-0.25, -0.2) is 8.42 Å². The number of thioether (sulfide) groups is 1. The Morgan fingerprint density at radius 2 is 1.97 bits per heavy atom. The van der Waals surface area contributed by atoms with Gasteiger partial charge in [-0.2, -0.15) is 4.99 Å². The lowest BCUT2D eigenvalue weighted by molar-refractivity contribution is -0.118. The summed E-state index contributed by atoms with van der Waals surface area (Å²) in [6, 6.07) is 5.11. The lowest BCUT2D eigenvalue weighted by Crippen LogP contribution is -2.38. The van der Waals surface area contributed by atoms with Crippen LogP contribution in [0.1, 0.15) is 38.5 Å². The predicted octanol–water partition coefficient (Wildman–Crippen LogP) is 3.28. The third kappa shape index (κ3) is 4.46. The van der Waals surface area contributed by atoms with Gasteiger partial charge in [0.25, 0.3) is 0 Å². The van der Waals surface area contributed by atoms with Crippen molar-refractivity contribution in [3.8, 4) is 11.5 Å². The van der Waals surface area contributed by atoms with E-state index in [1.54, 1.807) is 26.4 Å². The zero-order chi connectivity index (χ0) is 21.3. The first-order valence-electron chi connectivity index (χ1n) is 10.4. The number of carbonyl (C=O) groups is 1. The number of hydrogen-bond donors (Lipinski definition) is 0. The molecule has 7 nitrogen and oxygen atoms in total. The van der Waals surface area contributed by atoms with Gasteiger partial charge in [-0.15, -0.1) is 0 Å². The van der Waals surface area contributed by atoms with Crippen molar-refractivity contribution in [3.05, 3.63) is 18.2 Å². The number of amides is 1. The maximum absolute atomic E-state index is 12.7. The van der Waals surface area contributed by atoms with E-state index in [2.05, 4.69) is 4.99 Å². The normalized spacial score (nSPS) is 26.9. The Morgan fingerprint density at radius 3 is 2.67 bits per heavy atom. The molecular weight excluding hydrogens is 424 g/mol. The molecule has 9 heteroatoms. The Balaban J connectivity index is 1.63. The number of anilines is 1. The van der Waals surface area contributed by atoms with Crippen LogP contribution in [0.4, 0.5) is 5.69 Å². The molecule has 0 aromatic heterocycles. The molecule has 2 atom stereocenters. The summed E-state index contributed by atoms with van der Waals surface area (Å²) in [5.41, 5.74) is 0.677. The standard InChI is InChI=1S/C21H28N2O5S2/c1-27-15-8-9-18(28-2)16(11-15)23-17-12-30(25,26)13-19(17)29-21(23)22-20(24)10-7-14-5-3-4-6-14/h8-9,11,14,17,19H,3-7,10,12-13H2,1-2H3/t17-,19+/m1/s1. The second-order valence-corrected chi connectivity index (χ2v) is 11.5. The molecule has 1 aromatic carbocycles. The van der Waals surface area contributed by atoms with Gasteiger partial charge in [-0.05, 0) is 24.5 Å². The number of amidine groups is 1. The Labute approximate surface area is 182 Å². The van der Waals surface area contributed by atoms with E-state index in [0.29, 0.717) is 34.7 Å². The number of carbonyl (C=O) groups excluding carboxylic acids is 1. The summed E-state index contributed by atoms with van der Waals surface area (Å²) in [4.78, 5) is 19.0. The maximum Gasteiger partial charge on any atom is 0.248 e. The molecule has 0 bridgehead atoms. The van der Waals surface area contributed by atoms with Crippen molar-refractivity contribution in [3.63, 3.8) is 0 Å². The average molecular weight is 453 g/mol. The van der Waals surface area contributed by atoms with Crippen molar-refractivity contribution in [2.24, 2.45) is 10.9 Å². The number of nitrogens with zero attached hydrogens (tertiary/aromatic N) is 2. The van der Waals surface area contributed by atoms with Crippen LogP contribution in [-0.4, -0.2) is 56.5 Å². The molecule has 2 saturated heterocycles. The molecule has 3 aliphatic rings. The molecule has 0 radical (unpaired) electrons. The Bertz CT molecular complexity index is 941. The summed E-state index contributed by atoms with van der Waals surface area (Å²) in [5, 5.41) is 0.412. The van der Waals surface area contributed by atoms with Crippen LogP contribution in [0.25, 0.3) is 0 Å². The second-order valence-electron chi connectivity index (χ2n) is 8.19. The van der Waals surface area contributed by atoms with Gasteiger partial charge in [-0.3, -0.25) is 4.79 Å². The maximum atomic E-state index is 12.7. The highest BCUT2D eigenvalue weighted by atomic mass is 32.2. The number of fused-ring (bicyclic) bond motifs is 1. The zero-order valence-corrected chi connectivity index (χ0v) is 19.0. The summed E-state index contributed by atoms with van der Waals surface area (Å²) in [7, 11) is 0.0191. The van der Waals surface area contributed by atoms with Crippen LogP contribution in [-0.2, 0) is 14.6 Å². The van der Waals surface area contributed by atoms with Gasteiger partial charge < -0.3 is 14.4 Å². The zero-order valence-electron chi connectivity index (χ0n) is 17.4. The van der Waals surface area contributed by atoms with Crippen LogP contribution < -0.4 is 14.4 Å².